The molecular formula is C29H37NO5S2. The Morgan fingerprint density at radius 2 is 2.03 bits per heavy atom. The van der Waals surface area contributed by atoms with Crippen LogP contribution in [-0.2, 0) is 19.1 Å². The number of rotatable bonds is 4. The van der Waals surface area contributed by atoms with Crippen molar-refractivity contribution in [1.29, 1.82) is 0 Å². The van der Waals surface area contributed by atoms with Crippen LogP contribution in [0, 0.1) is 42.4 Å². The van der Waals surface area contributed by atoms with E-state index in [0.717, 1.165) is 34.9 Å². The predicted molar refractivity (Wildman–Crippen MR) is 143 cm³/mol. The second kappa shape index (κ2) is 8.34. The third kappa shape index (κ3) is 3.58. The minimum Gasteiger partial charge on any atom is -0.393 e. The number of carbonyl (C=O) groups is 2. The highest BCUT2D eigenvalue weighted by molar-refractivity contribution is 8.01. The lowest BCUT2D eigenvalue weighted by Crippen LogP contribution is -2.63. The second-order valence-electron chi connectivity index (χ2n) is 12.6. The van der Waals surface area contributed by atoms with E-state index in [1.165, 1.54) is 16.6 Å². The van der Waals surface area contributed by atoms with Gasteiger partial charge in [-0.2, -0.15) is 0 Å². The Kier molecular flexibility index (Phi) is 5.84. The third-order valence-corrected chi connectivity index (χ3v) is 12.5. The lowest BCUT2D eigenvalue weighted by Gasteiger charge is -2.60. The number of ketones is 2. The summed E-state index contributed by atoms with van der Waals surface area (Å²) in [4.78, 5) is 32.2. The maximum absolute atomic E-state index is 14.3. The average molecular weight is 544 g/mol. The monoisotopic (exact) mass is 543 g/mol. The molecule has 6 rings (SSSR count). The predicted octanol–water partition coefficient (Wildman–Crippen LogP) is 5.20. The number of thioether (sulfide) groups is 1. The van der Waals surface area contributed by atoms with E-state index in [-0.39, 0.29) is 46.6 Å². The van der Waals surface area contributed by atoms with Crippen molar-refractivity contribution in [2.24, 2.45) is 28.6 Å². The van der Waals surface area contributed by atoms with Crippen molar-refractivity contribution in [2.45, 2.75) is 95.2 Å². The number of aromatic nitrogens is 1. The maximum Gasteiger partial charge on any atom is 0.178 e. The Labute approximate surface area is 227 Å². The number of thiazole rings is 1. The number of hydrogen-bond donors (Lipinski definition) is 1. The first kappa shape index (κ1) is 25.9. The van der Waals surface area contributed by atoms with Crippen LogP contribution in [0.5, 0.6) is 0 Å². The third-order valence-electron chi connectivity index (χ3n) is 10.2. The molecule has 4 aliphatic carbocycles. The molecule has 0 radical (unpaired) electrons. The van der Waals surface area contributed by atoms with E-state index in [1.54, 1.807) is 23.5 Å². The fourth-order valence-electron chi connectivity index (χ4n) is 8.66. The smallest absolute Gasteiger partial charge is 0.178 e. The van der Waals surface area contributed by atoms with E-state index in [2.05, 4.69) is 25.8 Å². The van der Waals surface area contributed by atoms with Crippen LogP contribution < -0.4 is 0 Å². The number of hydrogen-bond acceptors (Lipinski definition) is 8. The van der Waals surface area contributed by atoms with Gasteiger partial charge in [0.2, 0.25) is 0 Å². The molecule has 0 amide bonds. The summed E-state index contributed by atoms with van der Waals surface area (Å²) < 4.78 is 14.1. The number of aryl methyl sites for hydroxylation is 2. The van der Waals surface area contributed by atoms with Crippen molar-refractivity contribution in [3.63, 3.8) is 0 Å². The summed E-state index contributed by atoms with van der Waals surface area (Å²) in [6.07, 6.45) is 7.47. The molecule has 0 spiro atoms. The van der Waals surface area contributed by atoms with Crippen molar-refractivity contribution < 1.29 is 24.2 Å². The first-order valence-corrected chi connectivity index (χ1v) is 15.2. The Balaban J connectivity index is 1.36. The standard InChI is InChI=1S/C29H37NO5S2/c1-15-16(2)37-25(30-15)36-14-22(33)29-23(34-26(3,4)35-29)12-20-19-8-7-17-11-18(31)9-10-27(17,5)24(19)21(32)13-28(20,29)6/h9-11,19-21,23-24,32H,7-8,12-14H2,1-6H3/t19?,20?,21?,23-,24?,27?,28?,29-/m1/s1. The molecule has 37 heavy (non-hydrogen) atoms. The maximum atomic E-state index is 14.3. The van der Waals surface area contributed by atoms with Crippen molar-refractivity contribution in [3.05, 3.63) is 34.4 Å². The van der Waals surface area contributed by atoms with E-state index < -0.39 is 22.9 Å². The van der Waals surface area contributed by atoms with Gasteiger partial charge in [-0.25, -0.2) is 4.98 Å². The van der Waals surface area contributed by atoms with Crippen LogP contribution in [-0.4, -0.2) is 51.0 Å². The van der Waals surface area contributed by atoms with Crippen molar-refractivity contribution in [2.75, 3.05) is 5.75 Å². The molecular weight excluding hydrogens is 506 g/mol. The molecule has 5 aliphatic rings. The summed E-state index contributed by atoms with van der Waals surface area (Å²) in [5.41, 5.74) is 0.140. The summed E-state index contributed by atoms with van der Waals surface area (Å²) in [5.74, 6) is -0.112. The largest absolute Gasteiger partial charge is 0.393 e. The summed E-state index contributed by atoms with van der Waals surface area (Å²) in [6, 6.07) is 0. The van der Waals surface area contributed by atoms with Gasteiger partial charge in [-0.05, 0) is 77.4 Å². The molecule has 8 heteroatoms. The first-order chi connectivity index (χ1) is 17.3. The van der Waals surface area contributed by atoms with Gasteiger partial charge in [-0.1, -0.05) is 37.3 Å². The highest BCUT2D eigenvalue weighted by atomic mass is 32.2. The average Bonchev–Trinajstić information content (AvgIpc) is 3.37. The molecule has 1 saturated heterocycles. The molecule has 8 atom stereocenters. The van der Waals surface area contributed by atoms with Gasteiger partial charge in [-0.15, -0.1) is 11.3 Å². The van der Waals surface area contributed by atoms with Crippen LogP contribution in [0.3, 0.4) is 0 Å². The molecule has 6 unspecified atom stereocenters. The van der Waals surface area contributed by atoms with E-state index in [0.29, 0.717) is 6.42 Å². The van der Waals surface area contributed by atoms with E-state index >= 15 is 0 Å². The second-order valence-corrected chi connectivity index (χ2v) is 15.1. The van der Waals surface area contributed by atoms with E-state index in [9.17, 15) is 14.7 Å². The first-order valence-electron chi connectivity index (χ1n) is 13.4. The van der Waals surface area contributed by atoms with Crippen LogP contribution in [0.15, 0.2) is 28.1 Å². The van der Waals surface area contributed by atoms with Gasteiger partial charge in [0, 0.05) is 21.6 Å². The molecule has 1 aliphatic heterocycles. The van der Waals surface area contributed by atoms with Gasteiger partial charge in [0.15, 0.2) is 27.3 Å². The molecule has 1 aromatic rings. The summed E-state index contributed by atoms with van der Waals surface area (Å²) >= 11 is 3.10. The number of carbonyl (C=O) groups excluding carboxylic acids is 2. The Hall–Kier alpha value is -1.32. The van der Waals surface area contributed by atoms with Gasteiger partial charge >= 0.3 is 0 Å². The highest BCUT2D eigenvalue weighted by Crippen LogP contribution is 2.70. The van der Waals surface area contributed by atoms with Gasteiger partial charge in [-0.3, -0.25) is 9.59 Å². The Morgan fingerprint density at radius 1 is 1.27 bits per heavy atom. The number of fused-ring (bicyclic) bond motifs is 7. The van der Waals surface area contributed by atoms with Crippen molar-refractivity contribution >= 4 is 34.7 Å². The summed E-state index contributed by atoms with van der Waals surface area (Å²) in [7, 11) is 0. The van der Waals surface area contributed by atoms with Crippen LogP contribution in [0.4, 0.5) is 0 Å². The minimum atomic E-state index is -1.10. The summed E-state index contributed by atoms with van der Waals surface area (Å²) in [6.45, 7) is 12.2. The number of Topliss-reactive ketones (excluding diaryl/α,β-unsaturated/α-hetero) is 1. The molecule has 1 N–H and O–H groups in total. The zero-order valence-corrected chi connectivity index (χ0v) is 24.1. The van der Waals surface area contributed by atoms with Crippen LogP contribution >= 0.6 is 23.1 Å². The number of aliphatic hydroxyl groups is 1. The van der Waals surface area contributed by atoms with Crippen molar-refractivity contribution in [3.8, 4) is 0 Å². The van der Waals surface area contributed by atoms with E-state index in [1.807, 2.05) is 26.8 Å². The molecule has 3 saturated carbocycles. The molecule has 0 aromatic carbocycles. The fraction of sp³-hybridized carbons (Fsp3) is 0.690. The van der Waals surface area contributed by atoms with Crippen LogP contribution in [0.1, 0.15) is 63.9 Å². The Bertz CT molecular complexity index is 1220. The number of ether oxygens (including phenoxy) is 2. The van der Waals surface area contributed by atoms with Crippen LogP contribution in [0.25, 0.3) is 0 Å². The quantitative estimate of drug-likeness (QED) is 0.523. The topological polar surface area (TPSA) is 85.7 Å². The molecule has 4 fully saturated rings. The van der Waals surface area contributed by atoms with Gasteiger partial charge in [0.1, 0.15) is 0 Å². The zero-order valence-electron chi connectivity index (χ0n) is 22.5. The van der Waals surface area contributed by atoms with Gasteiger partial charge in [0.25, 0.3) is 0 Å². The number of aliphatic hydroxyl groups excluding tert-OH is 1. The minimum absolute atomic E-state index is 0.00422. The van der Waals surface area contributed by atoms with Crippen LogP contribution in [0.2, 0.25) is 0 Å². The number of allylic oxidation sites excluding steroid dienone is 4. The van der Waals surface area contributed by atoms with Gasteiger partial charge < -0.3 is 14.6 Å². The van der Waals surface area contributed by atoms with Crippen molar-refractivity contribution in [1.82, 2.24) is 4.98 Å². The molecule has 200 valence electrons. The highest BCUT2D eigenvalue weighted by Gasteiger charge is 2.76. The lowest BCUT2D eigenvalue weighted by molar-refractivity contribution is -0.223. The summed E-state index contributed by atoms with van der Waals surface area (Å²) in [5, 5.41) is 11.8. The Morgan fingerprint density at radius 3 is 2.73 bits per heavy atom. The van der Waals surface area contributed by atoms with E-state index in [4.69, 9.17) is 9.47 Å². The molecule has 6 nitrogen and oxygen atoms in total. The fourth-order valence-corrected chi connectivity index (χ4v) is 10.8. The lowest BCUT2D eigenvalue weighted by atomic mass is 9.46. The zero-order chi connectivity index (χ0) is 26.5. The van der Waals surface area contributed by atoms with Gasteiger partial charge in [0.05, 0.1) is 23.7 Å². The molecule has 2 heterocycles. The SMILES string of the molecule is Cc1nc(SCC(=O)[C@@]23OC(C)(C)O[C@@H]2CC2C4CCC5=CC(=O)C=CC5(C)C4C(O)CC23C)sc1C. The molecule has 0 bridgehead atoms. The number of nitrogens with zero attached hydrogens (tertiary/aromatic N) is 1. The molecule has 1 aromatic heterocycles. The normalized spacial score (nSPS) is 43.6.